The van der Waals surface area contributed by atoms with E-state index in [-0.39, 0.29) is 22.9 Å². The van der Waals surface area contributed by atoms with Crippen molar-refractivity contribution in [1.82, 2.24) is 19.4 Å². The number of rotatable bonds is 5. The Kier molecular flexibility index (Phi) is 6.27. The van der Waals surface area contributed by atoms with Crippen molar-refractivity contribution in [2.75, 3.05) is 49.7 Å². The van der Waals surface area contributed by atoms with Gasteiger partial charge < -0.3 is 19.7 Å². The van der Waals surface area contributed by atoms with Gasteiger partial charge in [0.15, 0.2) is 5.78 Å². The molecule has 5 heterocycles. The molecule has 0 amide bonds. The average Bonchev–Trinajstić information content (AvgIpc) is 3.41. The van der Waals surface area contributed by atoms with E-state index in [0.717, 1.165) is 86.6 Å². The molecule has 0 radical (unpaired) electrons. The number of aromatic nitrogens is 3. The van der Waals surface area contributed by atoms with Gasteiger partial charge in [-0.3, -0.25) is 19.1 Å². The second kappa shape index (κ2) is 9.85. The van der Waals surface area contributed by atoms with Crippen LogP contribution in [0.3, 0.4) is 0 Å². The van der Waals surface area contributed by atoms with Crippen molar-refractivity contribution in [3.8, 4) is 5.75 Å². The van der Waals surface area contributed by atoms with Crippen molar-refractivity contribution in [3.05, 3.63) is 45.4 Å². The predicted octanol–water partition coefficient (Wildman–Crippen LogP) is 3.75. The first-order valence-electron chi connectivity index (χ1n) is 14.4. The first-order chi connectivity index (χ1) is 19.4. The molecule has 4 aliphatic rings. The summed E-state index contributed by atoms with van der Waals surface area (Å²) < 4.78 is 13.5. The number of Topliss-reactive ketones (excluding diaryl/α,β-unsaturated/α-hetero) is 1. The smallest absolute Gasteiger partial charge is 0.263 e. The first kappa shape index (κ1) is 25.5. The fraction of sp³-hybridized carbons (Fsp3) is 0.533. The molecule has 1 atom stereocenters. The number of hydrogen-bond acceptors (Lipinski definition) is 9. The molecule has 7 rings (SSSR count). The zero-order chi connectivity index (χ0) is 27.5. The van der Waals surface area contributed by atoms with E-state index < -0.39 is 0 Å². The van der Waals surface area contributed by atoms with E-state index in [1.807, 2.05) is 13.0 Å². The molecule has 2 saturated heterocycles. The summed E-state index contributed by atoms with van der Waals surface area (Å²) >= 11 is 0. The SMILES string of the molecule is CC(=O)c1c(C)c2cnc(Nc3cc(C)c4c(c3)OC[C@H]3CN(C5COC5)CCN43)nc2n(C2CCCC2)c1=O. The molecule has 1 saturated carbocycles. The van der Waals surface area contributed by atoms with Gasteiger partial charge in [-0.05, 0) is 50.8 Å². The molecule has 10 nitrogen and oxygen atoms in total. The highest BCUT2D eigenvalue weighted by Gasteiger charge is 2.38. The zero-order valence-corrected chi connectivity index (χ0v) is 23.4. The Hall–Kier alpha value is -3.50. The number of carbonyl (C=O) groups excluding carboxylic acids is 1. The summed E-state index contributed by atoms with van der Waals surface area (Å²) in [4.78, 5) is 40.4. The van der Waals surface area contributed by atoms with E-state index in [1.54, 1.807) is 10.8 Å². The maximum Gasteiger partial charge on any atom is 0.263 e. The van der Waals surface area contributed by atoms with Crippen molar-refractivity contribution in [1.29, 1.82) is 0 Å². The molecule has 0 bridgehead atoms. The van der Waals surface area contributed by atoms with Crippen LogP contribution in [0.2, 0.25) is 0 Å². The lowest BCUT2D eigenvalue weighted by Crippen LogP contribution is -2.62. The Morgan fingerprint density at radius 2 is 1.85 bits per heavy atom. The number of aryl methyl sites for hydroxylation is 2. The van der Waals surface area contributed by atoms with Crippen LogP contribution in [-0.2, 0) is 4.74 Å². The zero-order valence-electron chi connectivity index (χ0n) is 23.4. The van der Waals surface area contributed by atoms with Gasteiger partial charge in [-0.15, -0.1) is 0 Å². The normalized spacial score (nSPS) is 21.6. The molecule has 3 fully saturated rings. The fourth-order valence-electron chi connectivity index (χ4n) is 7.00. The Labute approximate surface area is 233 Å². The maximum absolute atomic E-state index is 13.5. The van der Waals surface area contributed by atoms with Crippen molar-refractivity contribution < 1.29 is 14.3 Å². The minimum atomic E-state index is -0.244. The van der Waals surface area contributed by atoms with Crippen LogP contribution in [0, 0.1) is 13.8 Å². The molecular weight excluding hydrogens is 508 g/mol. The molecule has 0 spiro atoms. The van der Waals surface area contributed by atoms with Gasteiger partial charge in [-0.2, -0.15) is 4.98 Å². The van der Waals surface area contributed by atoms with E-state index in [9.17, 15) is 9.59 Å². The molecule has 2 aromatic heterocycles. The number of nitrogens with one attached hydrogen (secondary N) is 1. The minimum Gasteiger partial charge on any atom is -0.489 e. The molecule has 1 N–H and O–H groups in total. The van der Waals surface area contributed by atoms with Gasteiger partial charge in [0.25, 0.3) is 5.56 Å². The summed E-state index contributed by atoms with van der Waals surface area (Å²) in [5.41, 5.74) is 4.36. The van der Waals surface area contributed by atoms with E-state index >= 15 is 0 Å². The van der Waals surface area contributed by atoms with Crippen LogP contribution in [0.5, 0.6) is 5.75 Å². The summed E-state index contributed by atoms with van der Waals surface area (Å²) in [5, 5.41) is 4.11. The number of ketones is 1. The third kappa shape index (κ3) is 4.16. The van der Waals surface area contributed by atoms with E-state index in [1.165, 1.54) is 6.92 Å². The quantitative estimate of drug-likeness (QED) is 0.481. The number of benzene rings is 1. The Balaban J connectivity index is 1.21. The largest absolute Gasteiger partial charge is 0.489 e. The third-order valence-electron chi connectivity index (χ3n) is 9.14. The monoisotopic (exact) mass is 544 g/mol. The number of hydrogen-bond donors (Lipinski definition) is 1. The van der Waals surface area contributed by atoms with Crippen LogP contribution in [-0.4, -0.2) is 76.8 Å². The summed E-state index contributed by atoms with van der Waals surface area (Å²) in [6.45, 7) is 10.7. The lowest BCUT2D eigenvalue weighted by molar-refractivity contribution is -0.0715. The number of ether oxygens (including phenoxy) is 2. The van der Waals surface area contributed by atoms with E-state index in [0.29, 0.717) is 35.8 Å². The highest BCUT2D eigenvalue weighted by molar-refractivity contribution is 5.99. The summed E-state index contributed by atoms with van der Waals surface area (Å²) in [6.07, 6.45) is 5.69. The van der Waals surface area contributed by atoms with Crippen molar-refractivity contribution in [2.45, 2.75) is 64.6 Å². The van der Waals surface area contributed by atoms with E-state index in [4.69, 9.17) is 14.5 Å². The minimum absolute atomic E-state index is 0.0427. The Morgan fingerprint density at radius 3 is 2.58 bits per heavy atom. The topological polar surface area (TPSA) is 102 Å². The number of anilines is 3. The molecule has 40 heavy (non-hydrogen) atoms. The van der Waals surface area contributed by atoms with Gasteiger partial charge in [-0.1, -0.05) is 12.8 Å². The van der Waals surface area contributed by atoms with Crippen LogP contribution in [0.15, 0.2) is 23.1 Å². The van der Waals surface area contributed by atoms with E-state index in [2.05, 4.69) is 33.1 Å². The number of fused-ring (bicyclic) bond motifs is 4. The van der Waals surface area contributed by atoms with Crippen LogP contribution in [0.4, 0.5) is 17.3 Å². The van der Waals surface area contributed by atoms with Gasteiger partial charge in [0.2, 0.25) is 5.95 Å². The van der Waals surface area contributed by atoms with Crippen molar-refractivity contribution in [2.24, 2.45) is 0 Å². The number of pyridine rings is 1. The van der Waals surface area contributed by atoms with Crippen LogP contribution >= 0.6 is 0 Å². The van der Waals surface area contributed by atoms with Crippen LogP contribution in [0.1, 0.15) is 60.1 Å². The Bertz CT molecular complexity index is 1560. The number of piperazine rings is 1. The summed E-state index contributed by atoms with van der Waals surface area (Å²) in [5.74, 6) is 1.06. The van der Waals surface area contributed by atoms with Gasteiger partial charge in [0.1, 0.15) is 18.0 Å². The lowest BCUT2D eigenvalue weighted by Gasteiger charge is -2.49. The third-order valence-corrected chi connectivity index (χ3v) is 9.14. The van der Waals surface area contributed by atoms with Crippen molar-refractivity contribution >= 4 is 34.1 Å². The molecule has 3 aliphatic heterocycles. The molecule has 1 aliphatic carbocycles. The number of carbonyl (C=O) groups is 1. The molecular formula is C30H36N6O4. The highest BCUT2D eigenvalue weighted by Crippen LogP contribution is 2.41. The van der Waals surface area contributed by atoms with Gasteiger partial charge in [-0.25, -0.2) is 4.98 Å². The average molecular weight is 545 g/mol. The van der Waals surface area contributed by atoms with Gasteiger partial charge >= 0.3 is 0 Å². The van der Waals surface area contributed by atoms with Gasteiger partial charge in [0.05, 0.1) is 36.5 Å². The molecule has 1 aromatic carbocycles. The second-order valence-corrected chi connectivity index (χ2v) is 11.7. The molecule has 3 aromatic rings. The molecule has 0 unspecified atom stereocenters. The fourth-order valence-corrected chi connectivity index (χ4v) is 7.00. The standard InChI is InChI=1S/C30H36N6O4/c1-17-10-20(11-25-27(17)35-9-8-34(23-14-39-15-23)13-22(35)16-40-25)32-30-31-12-24-18(2)26(19(3)37)29(38)36(28(24)33-30)21-6-4-5-7-21/h10-12,21-23H,4-9,13-16H2,1-3H3,(H,31,32,33)/t22-/m1/s1. The predicted molar refractivity (Wildman–Crippen MR) is 153 cm³/mol. The maximum atomic E-state index is 13.5. The molecule has 210 valence electrons. The van der Waals surface area contributed by atoms with Gasteiger partial charge in [0, 0.05) is 49.0 Å². The lowest BCUT2D eigenvalue weighted by atomic mass is 10.0. The highest BCUT2D eigenvalue weighted by atomic mass is 16.5. The Morgan fingerprint density at radius 1 is 1.05 bits per heavy atom. The van der Waals surface area contributed by atoms with Crippen molar-refractivity contribution in [3.63, 3.8) is 0 Å². The van der Waals surface area contributed by atoms with Crippen LogP contribution in [0.25, 0.3) is 11.0 Å². The summed E-state index contributed by atoms with van der Waals surface area (Å²) in [6, 6.07) is 5.05. The summed E-state index contributed by atoms with van der Waals surface area (Å²) in [7, 11) is 0. The van der Waals surface area contributed by atoms with Crippen LogP contribution < -0.4 is 20.5 Å². The second-order valence-electron chi connectivity index (χ2n) is 11.7. The number of nitrogens with zero attached hydrogens (tertiary/aromatic N) is 5. The molecule has 10 heteroatoms. The first-order valence-corrected chi connectivity index (χ1v) is 14.4.